The summed E-state index contributed by atoms with van der Waals surface area (Å²) in [6.07, 6.45) is 1.55. The molecule has 2 amide bonds. The fourth-order valence-electron chi connectivity index (χ4n) is 3.80. The maximum absolute atomic E-state index is 13.0. The summed E-state index contributed by atoms with van der Waals surface area (Å²) in [5, 5.41) is 2.96. The first-order chi connectivity index (χ1) is 15.9. The number of sulfonamides is 1. The summed E-state index contributed by atoms with van der Waals surface area (Å²) in [7, 11) is -3.71. The van der Waals surface area contributed by atoms with E-state index in [1.165, 1.54) is 35.5 Å². The number of piperazine rings is 1. The van der Waals surface area contributed by atoms with E-state index in [-0.39, 0.29) is 29.8 Å². The third kappa shape index (κ3) is 4.99. The number of nitrogens with one attached hydrogen (secondary N) is 1. The molecule has 9 heteroatoms. The van der Waals surface area contributed by atoms with Gasteiger partial charge >= 0.3 is 0 Å². The fourth-order valence-corrected chi connectivity index (χ4v) is 5.23. The summed E-state index contributed by atoms with van der Waals surface area (Å²) in [5.41, 5.74) is 1.20. The van der Waals surface area contributed by atoms with Gasteiger partial charge in [0.05, 0.1) is 11.2 Å². The van der Waals surface area contributed by atoms with E-state index in [1.54, 1.807) is 23.3 Å². The molecule has 0 aliphatic carbocycles. The molecule has 172 valence electrons. The van der Waals surface area contributed by atoms with Crippen LogP contribution in [0.25, 0.3) is 0 Å². The molecule has 1 N–H and O–H groups in total. The first-order valence-electron chi connectivity index (χ1n) is 10.6. The van der Waals surface area contributed by atoms with Gasteiger partial charge in [0.25, 0.3) is 5.91 Å². The molecular formula is C24H25N3O5S. The maximum Gasteiger partial charge on any atom is 0.252 e. The van der Waals surface area contributed by atoms with Crippen LogP contribution in [0.1, 0.15) is 34.6 Å². The molecule has 1 saturated heterocycles. The van der Waals surface area contributed by atoms with Crippen LogP contribution in [-0.4, -0.2) is 55.6 Å². The van der Waals surface area contributed by atoms with Crippen molar-refractivity contribution in [3.05, 3.63) is 89.9 Å². The van der Waals surface area contributed by atoms with Gasteiger partial charge in [-0.05, 0) is 42.0 Å². The number of furan rings is 1. The van der Waals surface area contributed by atoms with Gasteiger partial charge in [-0.1, -0.05) is 30.3 Å². The molecule has 1 aliphatic rings. The number of amides is 2. The molecule has 0 spiro atoms. The number of carbonyl (C=O) groups is 2. The molecule has 0 radical (unpaired) electrons. The fraction of sp³-hybridized carbons (Fsp3) is 0.250. The predicted octanol–water partition coefficient (Wildman–Crippen LogP) is 2.65. The van der Waals surface area contributed by atoms with Gasteiger partial charge in [0.1, 0.15) is 11.8 Å². The minimum atomic E-state index is -3.71. The van der Waals surface area contributed by atoms with Gasteiger partial charge < -0.3 is 14.6 Å². The first kappa shape index (κ1) is 22.8. The minimum Gasteiger partial charge on any atom is -0.467 e. The molecule has 1 fully saturated rings. The van der Waals surface area contributed by atoms with Crippen LogP contribution in [0.3, 0.4) is 0 Å². The normalized spacial score (nSPS) is 15.7. The van der Waals surface area contributed by atoms with Gasteiger partial charge in [-0.3, -0.25) is 9.59 Å². The highest BCUT2D eigenvalue weighted by molar-refractivity contribution is 7.89. The molecule has 1 aliphatic heterocycles. The summed E-state index contributed by atoms with van der Waals surface area (Å²) in [6.45, 7) is 2.69. The topological polar surface area (TPSA) is 99.9 Å². The average molecular weight is 468 g/mol. The van der Waals surface area contributed by atoms with Crippen molar-refractivity contribution in [3.63, 3.8) is 0 Å². The standard InChI is InChI=1S/C24H25N3O5S/c1-18(28)26-13-15-27(16-14-26)33(30,31)21-11-9-20(10-12-21)24(29)25-23(22-8-5-17-32-22)19-6-3-2-4-7-19/h2-12,17,23H,13-16H2,1H3,(H,25,29). The monoisotopic (exact) mass is 467 g/mol. The minimum absolute atomic E-state index is 0.0641. The Morgan fingerprint density at radius 2 is 1.58 bits per heavy atom. The molecule has 1 unspecified atom stereocenters. The van der Waals surface area contributed by atoms with Crippen LogP contribution in [0.5, 0.6) is 0 Å². The third-order valence-electron chi connectivity index (χ3n) is 5.67. The molecule has 2 heterocycles. The van der Waals surface area contributed by atoms with Gasteiger partial charge in [0.15, 0.2) is 0 Å². The Labute approximate surface area is 192 Å². The number of hydrogen-bond acceptors (Lipinski definition) is 5. The quantitative estimate of drug-likeness (QED) is 0.601. The molecular weight excluding hydrogens is 442 g/mol. The van der Waals surface area contributed by atoms with Crippen LogP contribution in [0.15, 0.2) is 82.3 Å². The highest BCUT2D eigenvalue weighted by atomic mass is 32.2. The Kier molecular flexibility index (Phi) is 6.62. The third-order valence-corrected chi connectivity index (χ3v) is 7.59. The van der Waals surface area contributed by atoms with E-state index in [2.05, 4.69) is 5.32 Å². The van der Waals surface area contributed by atoms with Crippen molar-refractivity contribution in [1.29, 1.82) is 0 Å². The second-order valence-electron chi connectivity index (χ2n) is 7.77. The highest BCUT2D eigenvalue weighted by Gasteiger charge is 2.29. The number of carbonyl (C=O) groups excluding carboxylic acids is 2. The van der Waals surface area contributed by atoms with Crippen molar-refractivity contribution in [2.24, 2.45) is 0 Å². The SMILES string of the molecule is CC(=O)N1CCN(S(=O)(=O)c2ccc(C(=O)NC(c3ccccc3)c3ccco3)cc2)CC1. The predicted molar refractivity (Wildman–Crippen MR) is 122 cm³/mol. The number of rotatable bonds is 6. The van der Waals surface area contributed by atoms with Crippen molar-refractivity contribution in [1.82, 2.24) is 14.5 Å². The lowest BCUT2D eigenvalue weighted by atomic mass is 10.0. The zero-order chi connectivity index (χ0) is 23.4. The van der Waals surface area contributed by atoms with Gasteiger partial charge in [0, 0.05) is 38.7 Å². The Morgan fingerprint density at radius 3 is 2.15 bits per heavy atom. The molecule has 8 nitrogen and oxygen atoms in total. The van der Waals surface area contributed by atoms with E-state index in [1.807, 2.05) is 30.3 Å². The largest absolute Gasteiger partial charge is 0.467 e. The zero-order valence-corrected chi connectivity index (χ0v) is 19.0. The maximum atomic E-state index is 13.0. The van der Waals surface area contributed by atoms with E-state index in [0.717, 1.165) is 5.56 Å². The van der Waals surface area contributed by atoms with Gasteiger partial charge in [-0.2, -0.15) is 4.31 Å². The Bertz CT molecular complexity index is 1200. The summed E-state index contributed by atoms with van der Waals surface area (Å²) in [6, 6.07) is 18.4. The van der Waals surface area contributed by atoms with E-state index < -0.39 is 16.1 Å². The number of nitrogens with zero attached hydrogens (tertiary/aromatic N) is 2. The molecule has 33 heavy (non-hydrogen) atoms. The molecule has 1 atom stereocenters. The van der Waals surface area contributed by atoms with Crippen LogP contribution in [0.4, 0.5) is 0 Å². The lowest BCUT2D eigenvalue weighted by molar-refractivity contribution is -0.129. The van der Waals surface area contributed by atoms with Gasteiger partial charge in [-0.25, -0.2) is 8.42 Å². The smallest absolute Gasteiger partial charge is 0.252 e. The summed E-state index contributed by atoms with van der Waals surface area (Å²) >= 11 is 0. The van der Waals surface area contributed by atoms with E-state index in [9.17, 15) is 18.0 Å². The Hall–Kier alpha value is -3.43. The lowest BCUT2D eigenvalue weighted by Gasteiger charge is -2.33. The molecule has 0 saturated carbocycles. The van der Waals surface area contributed by atoms with E-state index in [4.69, 9.17) is 4.42 Å². The summed E-state index contributed by atoms with van der Waals surface area (Å²) < 4.78 is 32.8. The molecule has 0 bridgehead atoms. The molecule has 3 aromatic rings. The number of hydrogen-bond donors (Lipinski definition) is 1. The van der Waals surface area contributed by atoms with Crippen LogP contribution < -0.4 is 5.32 Å². The second-order valence-corrected chi connectivity index (χ2v) is 9.71. The van der Waals surface area contributed by atoms with Crippen molar-refractivity contribution in [3.8, 4) is 0 Å². The first-order valence-corrected chi connectivity index (χ1v) is 12.1. The van der Waals surface area contributed by atoms with Crippen molar-refractivity contribution >= 4 is 21.8 Å². The average Bonchev–Trinajstić information content (AvgIpc) is 3.38. The Balaban J connectivity index is 1.48. The van der Waals surface area contributed by atoms with Gasteiger partial charge in [0.2, 0.25) is 15.9 Å². The lowest BCUT2D eigenvalue weighted by Crippen LogP contribution is -2.49. The second kappa shape index (κ2) is 9.60. The summed E-state index contributed by atoms with van der Waals surface area (Å²) in [4.78, 5) is 26.2. The highest BCUT2D eigenvalue weighted by Crippen LogP contribution is 2.24. The van der Waals surface area contributed by atoms with Crippen LogP contribution >= 0.6 is 0 Å². The molecule has 2 aromatic carbocycles. The summed E-state index contributed by atoms with van der Waals surface area (Å²) in [5.74, 6) is 0.184. The van der Waals surface area contributed by atoms with E-state index in [0.29, 0.717) is 24.4 Å². The van der Waals surface area contributed by atoms with Gasteiger partial charge in [-0.15, -0.1) is 0 Å². The van der Waals surface area contributed by atoms with Crippen LogP contribution in [-0.2, 0) is 14.8 Å². The van der Waals surface area contributed by atoms with Crippen molar-refractivity contribution < 1.29 is 22.4 Å². The molecule has 4 rings (SSSR count). The van der Waals surface area contributed by atoms with Crippen molar-refractivity contribution in [2.45, 2.75) is 17.9 Å². The molecule has 1 aromatic heterocycles. The van der Waals surface area contributed by atoms with Crippen molar-refractivity contribution in [2.75, 3.05) is 26.2 Å². The Morgan fingerprint density at radius 1 is 0.909 bits per heavy atom. The van der Waals surface area contributed by atoms with E-state index >= 15 is 0 Å². The zero-order valence-electron chi connectivity index (χ0n) is 18.2. The number of benzene rings is 2. The van der Waals surface area contributed by atoms with Crippen LogP contribution in [0, 0.1) is 0 Å². The van der Waals surface area contributed by atoms with Crippen LogP contribution in [0.2, 0.25) is 0 Å².